The van der Waals surface area contributed by atoms with E-state index in [0.717, 1.165) is 13.1 Å². The van der Waals surface area contributed by atoms with Crippen LogP contribution in [0, 0.1) is 0 Å². The number of carboxylic acid groups (broad SMARTS) is 1. The first-order chi connectivity index (χ1) is 8.66. The lowest BCUT2D eigenvalue weighted by molar-refractivity contribution is -0.0117. The van der Waals surface area contributed by atoms with Gasteiger partial charge in [-0.15, -0.1) is 0 Å². The van der Waals surface area contributed by atoms with E-state index >= 15 is 0 Å². The number of carboxylic acids is 1. The number of carbonyl (C=O) groups is 1. The second-order valence-electron chi connectivity index (χ2n) is 4.36. The molecule has 1 aliphatic heterocycles. The van der Waals surface area contributed by atoms with E-state index in [-0.39, 0.29) is 11.7 Å². The lowest BCUT2D eigenvalue weighted by Crippen LogP contribution is -2.43. The summed E-state index contributed by atoms with van der Waals surface area (Å²) in [6.45, 7) is 3.07. The van der Waals surface area contributed by atoms with E-state index in [9.17, 15) is 4.79 Å². The van der Waals surface area contributed by atoms with Gasteiger partial charge in [0.2, 0.25) is 0 Å². The number of hydrogen-bond donors (Lipinski definition) is 2. The van der Waals surface area contributed by atoms with Crippen LogP contribution in [0.1, 0.15) is 10.4 Å². The van der Waals surface area contributed by atoms with E-state index in [2.05, 4.69) is 15.2 Å². The third kappa shape index (κ3) is 3.18. The normalized spacial score (nSPS) is 20.6. The van der Waals surface area contributed by atoms with Gasteiger partial charge in [-0.3, -0.25) is 4.98 Å². The van der Waals surface area contributed by atoms with Crippen LogP contribution in [0.15, 0.2) is 18.5 Å². The topological polar surface area (TPSA) is 74.7 Å². The number of ether oxygens (including phenoxy) is 1. The molecule has 2 N–H and O–H groups in total. The average molecular weight is 251 g/mol. The van der Waals surface area contributed by atoms with Gasteiger partial charge in [-0.1, -0.05) is 0 Å². The number of morpholine rings is 1. The minimum Gasteiger partial charge on any atom is -0.478 e. The summed E-state index contributed by atoms with van der Waals surface area (Å²) < 4.78 is 5.60. The van der Waals surface area contributed by atoms with Crippen molar-refractivity contribution in [2.45, 2.75) is 6.10 Å². The molecule has 1 aromatic rings. The summed E-state index contributed by atoms with van der Waals surface area (Å²) in [5, 5.41) is 12.1. The summed E-state index contributed by atoms with van der Waals surface area (Å²) in [6, 6.07) is 1.48. The number of nitrogens with one attached hydrogen (secondary N) is 1. The van der Waals surface area contributed by atoms with Gasteiger partial charge in [0.1, 0.15) is 0 Å². The van der Waals surface area contributed by atoms with Crippen LogP contribution in [0.3, 0.4) is 0 Å². The van der Waals surface area contributed by atoms with E-state index in [4.69, 9.17) is 9.84 Å². The Morgan fingerprint density at radius 1 is 1.72 bits per heavy atom. The molecule has 1 atom stereocenters. The molecule has 1 fully saturated rings. The highest BCUT2D eigenvalue weighted by Crippen LogP contribution is 2.14. The van der Waals surface area contributed by atoms with E-state index in [1.807, 2.05) is 7.05 Å². The number of pyridine rings is 1. The summed E-state index contributed by atoms with van der Waals surface area (Å²) >= 11 is 0. The summed E-state index contributed by atoms with van der Waals surface area (Å²) in [6.07, 6.45) is 3.07. The van der Waals surface area contributed by atoms with Gasteiger partial charge in [0, 0.05) is 25.8 Å². The highest BCUT2D eigenvalue weighted by Gasteiger charge is 2.18. The SMILES string of the molecule is CN1CCOC(CNc2cnccc2C(=O)O)C1. The fourth-order valence-electron chi connectivity index (χ4n) is 1.94. The van der Waals surface area contributed by atoms with Gasteiger partial charge in [0.05, 0.1) is 30.2 Å². The van der Waals surface area contributed by atoms with Crippen LogP contribution in [0.4, 0.5) is 5.69 Å². The van der Waals surface area contributed by atoms with Crippen LogP contribution in [0.2, 0.25) is 0 Å². The van der Waals surface area contributed by atoms with Crippen molar-refractivity contribution in [1.29, 1.82) is 0 Å². The molecular weight excluding hydrogens is 234 g/mol. The van der Waals surface area contributed by atoms with E-state index in [1.54, 1.807) is 0 Å². The molecule has 0 saturated carbocycles. The highest BCUT2D eigenvalue weighted by molar-refractivity contribution is 5.93. The maximum Gasteiger partial charge on any atom is 0.337 e. The molecule has 2 heterocycles. The third-order valence-corrected chi connectivity index (χ3v) is 2.91. The maximum absolute atomic E-state index is 11.0. The molecule has 1 aromatic heterocycles. The second-order valence-corrected chi connectivity index (χ2v) is 4.36. The Balaban J connectivity index is 1.95. The van der Waals surface area contributed by atoms with Gasteiger partial charge in [-0.2, -0.15) is 0 Å². The van der Waals surface area contributed by atoms with Crippen molar-refractivity contribution in [1.82, 2.24) is 9.88 Å². The molecule has 0 spiro atoms. The summed E-state index contributed by atoms with van der Waals surface area (Å²) in [4.78, 5) is 17.1. The van der Waals surface area contributed by atoms with Crippen molar-refractivity contribution >= 4 is 11.7 Å². The summed E-state index contributed by atoms with van der Waals surface area (Å²) in [7, 11) is 2.04. The molecule has 0 radical (unpaired) electrons. The fraction of sp³-hybridized carbons (Fsp3) is 0.500. The van der Waals surface area contributed by atoms with Crippen molar-refractivity contribution in [3.63, 3.8) is 0 Å². The predicted molar refractivity (Wildman–Crippen MR) is 66.9 cm³/mol. The highest BCUT2D eigenvalue weighted by atomic mass is 16.5. The number of nitrogens with zero attached hydrogens (tertiary/aromatic N) is 2. The molecule has 0 aromatic carbocycles. The monoisotopic (exact) mass is 251 g/mol. The molecule has 0 amide bonds. The molecule has 1 unspecified atom stereocenters. The third-order valence-electron chi connectivity index (χ3n) is 2.91. The Kier molecular flexibility index (Phi) is 4.11. The molecule has 0 bridgehead atoms. The molecule has 6 heteroatoms. The van der Waals surface area contributed by atoms with Crippen molar-refractivity contribution < 1.29 is 14.6 Å². The number of aromatic nitrogens is 1. The first-order valence-corrected chi connectivity index (χ1v) is 5.88. The Bertz CT molecular complexity index is 425. The smallest absolute Gasteiger partial charge is 0.337 e. The summed E-state index contributed by atoms with van der Waals surface area (Å²) in [5.41, 5.74) is 0.760. The molecule has 18 heavy (non-hydrogen) atoms. The van der Waals surface area contributed by atoms with Gasteiger partial charge < -0.3 is 20.1 Å². The fourth-order valence-corrected chi connectivity index (χ4v) is 1.94. The van der Waals surface area contributed by atoms with Crippen LogP contribution in [-0.4, -0.2) is 60.4 Å². The minimum atomic E-state index is -0.957. The number of hydrogen-bond acceptors (Lipinski definition) is 5. The van der Waals surface area contributed by atoms with E-state index in [0.29, 0.717) is 18.8 Å². The largest absolute Gasteiger partial charge is 0.478 e. The zero-order valence-corrected chi connectivity index (χ0v) is 10.3. The van der Waals surface area contributed by atoms with Crippen LogP contribution in [-0.2, 0) is 4.74 Å². The Morgan fingerprint density at radius 2 is 2.56 bits per heavy atom. The van der Waals surface area contributed by atoms with Crippen LogP contribution < -0.4 is 5.32 Å². The van der Waals surface area contributed by atoms with Gasteiger partial charge >= 0.3 is 5.97 Å². The average Bonchev–Trinajstić information content (AvgIpc) is 2.37. The predicted octanol–water partition coefficient (Wildman–Crippen LogP) is 0.522. The number of likely N-dealkylation sites (N-methyl/N-ethyl adjacent to an activating group) is 1. The van der Waals surface area contributed by atoms with Crippen molar-refractivity contribution in [3.8, 4) is 0 Å². The second kappa shape index (κ2) is 5.79. The van der Waals surface area contributed by atoms with Gasteiger partial charge in [0.25, 0.3) is 0 Å². The minimum absolute atomic E-state index is 0.0746. The lowest BCUT2D eigenvalue weighted by Gasteiger charge is -2.30. The first-order valence-electron chi connectivity index (χ1n) is 5.88. The van der Waals surface area contributed by atoms with Crippen LogP contribution >= 0.6 is 0 Å². The summed E-state index contributed by atoms with van der Waals surface area (Å²) in [5.74, 6) is -0.957. The van der Waals surface area contributed by atoms with E-state index in [1.165, 1.54) is 18.5 Å². The van der Waals surface area contributed by atoms with Crippen molar-refractivity contribution in [2.24, 2.45) is 0 Å². The zero-order chi connectivity index (χ0) is 13.0. The maximum atomic E-state index is 11.0. The van der Waals surface area contributed by atoms with Gasteiger partial charge in [0.15, 0.2) is 0 Å². The molecule has 6 nitrogen and oxygen atoms in total. The van der Waals surface area contributed by atoms with Crippen molar-refractivity contribution in [3.05, 3.63) is 24.0 Å². The number of aromatic carboxylic acids is 1. The lowest BCUT2D eigenvalue weighted by atomic mass is 10.2. The molecule has 98 valence electrons. The quantitative estimate of drug-likeness (QED) is 0.812. The molecule has 1 aliphatic rings. The van der Waals surface area contributed by atoms with Crippen LogP contribution in [0.25, 0.3) is 0 Å². The Morgan fingerprint density at radius 3 is 3.28 bits per heavy atom. The Hall–Kier alpha value is -1.66. The molecule has 2 rings (SSSR count). The van der Waals surface area contributed by atoms with Gasteiger partial charge in [-0.25, -0.2) is 4.79 Å². The number of rotatable bonds is 4. The van der Waals surface area contributed by atoms with Crippen LogP contribution in [0.5, 0.6) is 0 Å². The zero-order valence-electron chi connectivity index (χ0n) is 10.3. The van der Waals surface area contributed by atoms with E-state index < -0.39 is 5.97 Å². The van der Waals surface area contributed by atoms with Crippen molar-refractivity contribution in [2.75, 3.05) is 38.6 Å². The molecule has 1 saturated heterocycles. The standard InChI is InChI=1S/C12H17N3O3/c1-15-4-5-18-9(8-15)6-14-11-7-13-3-2-10(11)12(16)17/h2-3,7,9,14H,4-6,8H2,1H3,(H,16,17). The first kappa shape index (κ1) is 12.8. The number of anilines is 1. The molecule has 0 aliphatic carbocycles. The Labute approximate surface area is 106 Å². The molecular formula is C12H17N3O3. The van der Waals surface area contributed by atoms with Gasteiger partial charge in [-0.05, 0) is 13.1 Å².